The van der Waals surface area contributed by atoms with Gasteiger partial charge < -0.3 is 10.1 Å². The highest BCUT2D eigenvalue weighted by atomic mass is 32.2. The maximum atomic E-state index is 12.4. The van der Waals surface area contributed by atoms with Gasteiger partial charge in [-0.15, -0.1) is 11.8 Å². The number of anilines is 1. The number of benzene rings is 1. The van der Waals surface area contributed by atoms with Crippen LogP contribution < -0.4 is 5.32 Å². The molecule has 1 N–H and O–H groups in total. The van der Waals surface area contributed by atoms with Crippen LogP contribution >= 0.6 is 11.8 Å². The van der Waals surface area contributed by atoms with Crippen LogP contribution in [-0.4, -0.2) is 34.2 Å². The molecule has 2 heterocycles. The van der Waals surface area contributed by atoms with Crippen LogP contribution in [0.15, 0.2) is 41.4 Å². The minimum absolute atomic E-state index is 0.130. The molecule has 0 bridgehead atoms. The Morgan fingerprint density at radius 3 is 3.05 bits per heavy atom. The molecule has 1 amide bonds. The number of nitrogens with zero attached hydrogens (tertiary/aromatic N) is 2. The van der Waals surface area contributed by atoms with Crippen molar-refractivity contribution in [1.29, 1.82) is 0 Å². The predicted octanol–water partition coefficient (Wildman–Crippen LogP) is 2.94. The summed E-state index contributed by atoms with van der Waals surface area (Å²) in [5, 5.41) is 7.00. The second-order valence-corrected chi connectivity index (χ2v) is 6.33. The van der Waals surface area contributed by atoms with E-state index in [9.17, 15) is 4.79 Å². The second kappa shape index (κ2) is 6.98. The van der Waals surface area contributed by atoms with E-state index >= 15 is 0 Å². The Morgan fingerprint density at radius 2 is 2.32 bits per heavy atom. The lowest BCUT2D eigenvalue weighted by Crippen LogP contribution is -2.14. The number of thioether (sulfide) groups is 1. The van der Waals surface area contributed by atoms with Crippen molar-refractivity contribution in [3.63, 3.8) is 0 Å². The van der Waals surface area contributed by atoms with E-state index in [1.807, 2.05) is 31.3 Å². The minimum atomic E-state index is -0.130. The molecule has 6 heteroatoms. The first-order valence-corrected chi connectivity index (χ1v) is 8.35. The van der Waals surface area contributed by atoms with Gasteiger partial charge in [-0.1, -0.05) is 12.1 Å². The van der Waals surface area contributed by atoms with Crippen LogP contribution in [0, 0.1) is 0 Å². The SMILES string of the molecule is Cn1ccc(NC(=O)c2ccccc2SCC2CCCO2)n1. The van der Waals surface area contributed by atoms with Crippen LogP contribution in [0.3, 0.4) is 0 Å². The van der Waals surface area contributed by atoms with E-state index in [1.165, 1.54) is 0 Å². The van der Waals surface area contributed by atoms with Crippen molar-refractivity contribution in [2.75, 3.05) is 17.7 Å². The Labute approximate surface area is 134 Å². The van der Waals surface area contributed by atoms with Gasteiger partial charge >= 0.3 is 0 Å². The van der Waals surface area contributed by atoms with Crippen LogP contribution in [0.5, 0.6) is 0 Å². The second-order valence-electron chi connectivity index (χ2n) is 5.27. The molecule has 3 rings (SSSR count). The zero-order valence-corrected chi connectivity index (χ0v) is 13.3. The number of ether oxygens (including phenoxy) is 1. The number of hydrogen-bond acceptors (Lipinski definition) is 4. The molecule has 5 nitrogen and oxygen atoms in total. The van der Waals surface area contributed by atoms with Crippen molar-refractivity contribution in [3.8, 4) is 0 Å². The summed E-state index contributed by atoms with van der Waals surface area (Å²) in [6, 6.07) is 9.43. The zero-order valence-electron chi connectivity index (χ0n) is 12.5. The Bertz CT molecular complexity index is 650. The predicted molar refractivity (Wildman–Crippen MR) is 87.3 cm³/mol. The van der Waals surface area contributed by atoms with Crippen molar-refractivity contribution in [2.24, 2.45) is 7.05 Å². The lowest BCUT2D eigenvalue weighted by atomic mass is 10.2. The van der Waals surface area contributed by atoms with Gasteiger partial charge in [0.05, 0.1) is 11.7 Å². The maximum Gasteiger partial charge on any atom is 0.257 e. The topological polar surface area (TPSA) is 56.2 Å². The van der Waals surface area contributed by atoms with Crippen LogP contribution in [0.1, 0.15) is 23.2 Å². The number of carbonyl (C=O) groups excluding carboxylic acids is 1. The molecule has 0 spiro atoms. The van der Waals surface area contributed by atoms with Crippen molar-refractivity contribution < 1.29 is 9.53 Å². The smallest absolute Gasteiger partial charge is 0.257 e. The van der Waals surface area contributed by atoms with Gasteiger partial charge in [0.25, 0.3) is 5.91 Å². The molecule has 1 saturated heterocycles. The average molecular weight is 317 g/mol. The average Bonchev–Trinajstić information content (AvgIpc) is 3.17. The summed E-state index contributed by atoms with van der Waals surface area (Å²) in [6.07, 6.45) is 4.34. The quantitative estimate of drug-likeness (QED) is 0.862. The molecular formula is C16H19N3O2S. The first kappa shape index (κ1) is 15.1. The Morgan fingerprint density at radius 1 is 1.45 bits per heavy atom. The van der Waals surface area contributed by atoms with Gasteiger partial charge in [-0.05, 0) is 25.0 Å². The van der Waals surface area contributed by atoms with Gasteiger partial charge in [-0.25, -0.2) is 0 Å². The molecule has 22 heavy (non-hydrogen) atoms. The number of aromatic nitrogens is 2. The van der Waals surface area contributed by atoms with Crippen LogP contribution in [-0.2, 0) is 11.8 Å². The monoisotopic (exact) mass is 317 g/mol. The summed E-state index contributed by atoms with van der Waals surface area (Å²) in [4.78, 5) is 13.4. The van der Waals surface area contributed by atoms with Gasteiger partial charge in [0.2, 0.25) is 0 Å². The molecule has 1 fully saturated rings. The molecule has 1 aromatic carbocycles. The van der Waals surface area contributed by atoms with Gasteiger partial charge in [0.1, 0.15) is 0 Å². The molecule has 2 aromatic rings. The van der Waals surface area contributed by atoms with Crippen LogP contribution in [0.25, 0.3) is 0 Å². The summed E-state index contributed by atoms with van der Waals surface area (Å²) < 4.78 is 7.30. The normalized spacial score (nSPS) is 17.6. The van der Waals surface area contributed by atoms with Crippen molar-refractivity contribution in [3.05, 3.63) is 42.1 Å². The van der Waals surface area contributed by atoms with Gasteiger partial charge in [-0.3, -0.25) is 9.48 Å². The van der Waals surface area contributed by atoms with E-state index in [-0.39, 0.29) is 5.91 Å². The molecule has 0 radical (unpaired) electrons. The molecular weight excluding hydrogens is 298 g/mol. The summed E-state index contributed by atoms with van der Waals surface area (Å²) in [6.45, 7) is 0.854. The van der Waals surface area contributed by atoms with E-state index in [0.29, 0.717) is 17.5 Å². The summed E-state index contributed by atoms with van der Waals surface area (Å²) in [5.41, 5.74) is 0.677. The lowest BCUT2D eigenvalue weighted by molar-refractivity contribution is 0.102. The number of nitrogens with one attached hydrogen (secondary N) is 1. The van der Waals surface area contributed by atoms with E-state index < -0.39 is 0 Å². The van der Waals surface area contributed by atoms with E-state index in [4.69, 9.17) is 4.74 Å². The number of rotatable bonds is 5. The number of amides is 1. The first-order chi connectivity index (χ1) is 10.7. The Hall–Kier alpha value is -1.79. The number of hydrogen-bond donors (Lipinski definition) is 1. The van der Waals surface area contributed by atoms with Crippen molar-refractivity contribution >= 4 is 23.5 Å². The lowest BCUT2D eigenvalue weighted by Gasteiger charge is -2.11. The highest BCUT2D eigenvalue weighted by molar-refractivity contribution is 7.99. The molecule has 1 aromatic heterocycles. The third-order valence-corrected chi connectivity index (χ3v) is 4.74. The highest BCUT2D eigenvalue weighted by Gasteiger charge is 2.18. The van der Waals surface area contributed by atoms with Gasteiger partial charge in [0, 0.05) is 36.6 Å². The first-order valence-electron chi connectivity index (χ1n) is 7.37. The van der Waals surface area contributed by atoms with Crippen LogP contribution in [0.2, 0.25) is 0 Å². The summed E-state index contributed by atoms with van der Waals surface area (Å²) in [7, 11) is 1.82. The fourth-order valence-electron chi connectivity index (χ4n) is 2.40. The maximum absolute atomic E-state index is 12.4. The fourth-order valence-corrected chi connectivity index (χ4v) is 3.52. The molecule has 0 aliphatic carbocycles. The van der Waals surface area contributed by atoms with Crippen molar-refractivity contribution in [1.82, 2.24) is 9.78 Å². The third-order valence-electron chi connectivity index (χ3n) is 3.54. The standard InChI is InChI=1S/C16H19N3O2S/c1-19-9-8-15(18-19)17-16(20)13-6-2-3-7-14(13)22-11-12-5-4-10-21-12/h2-3,6-9,12H,4-5,10-11H2,1H3,(H,17,18,20). The molecule has 0 saturated carbocycles. The van der Waals surface area contributed by atoms with Crippen molar-refractivity contribution in [2.45, 2.75) is 23.8 Å². The van der Waals surface area contributed by atoms with Crippen LogP contribution in [0.4, 0.5) is 5.82 Å². The number of carbonyl (C=O) groups is 1. The molecule has 1 atom stereocenters. The van der Waals surface area contributed by atoms with Gasteiger partial charge in [0.15, 0.2) is 5.82 Å². The molecule has 1 aliphatic rings. The van der Waals surface area contributed by atoms with E-state index in [0.717, 1.165) is 30.1 Å². The fraction of sp³-hybridized carbons (Fsp3) is 0.375. The largest absolute Gasteiger partial charge is 0.377 e. The van der Waals surface area contributed by atoms with E-state index in [1.54, 1.807) is 28.7 Å². The third kappa shape index (κ3) is 3.69. The molecule has 116 valence electrons. The summed E-state index contributed by atoms with van der Waals surface area (Å²) >= 11 is 1.68. The van der Waals surface area contributed by atoms with Gasteiger partial charge in [-0.2, -0.15) is 5.10 Å². The molecule has 1 aliphatic heterocycles. The zero-order chi connectivity index (χ0) is 15.4. The highest BCUT2D eigenvalue weighted by Crippen LogP contribution is 2.27. The Kier molecular flexibility index (Phi) is 4.80. The Balaban J connectivity index is 1.68. The molecule has 1 unspecified atom stereocenters. The van der Waals surface area contributed by atoms with E-state index in [2.05, 4.69) is 10.4 Å². The summed E-state index contributed by atoms with van der Waals surface area (Å²) in [5.74, 6) is 1.31. The number of aryl methyl sites for hydroxylation is 1. The minimum Gasteiger partial charge on any atom is -0.377 e.